The topological polar surface area (TPSA) is 97.5 Å². The lowest BCUT2D eigenvalue weighted by atomic mass is 10.0. The Bertz CT molecular complexity index is 1100. The van der Waals surface area contributed by atoms with Crippen molar-refractivity contribution in [1.82, 2.24) is 0 Å². The summed E-state index contributed by atoms with van der Waals surface area (Å²) in [5.74, 6) is 0. The lowest BCUT2D eigenvalue weighted by Gasteiger charge is -2.24. The molecule has 7 heteroatoms. The summed E-state index contributed by atoms with van der Waals surface area (Å²) in [6, 6.07) is 20.8. The Hall–Kier alpha value is -3.03. The summed E-state index contributed by atoms with van der Waals surface area (Å²) in [6.07, 6.45) is -1.35. The van der Waals surface area contributed by atoms with Gasteiger partial charge in [0.15, 0.2) is 9.84 Å². The molecule has 0 aromatic heterocycles. The summed E-state index contributed by atoms with van der Waals surface area (Å²) in [6.45, 7) is 1.86. The van der Waals surface area contributed by atoms with Crippen molar-refractivity contribution >= 4 is 15.5 Å². The van der Waals surface area contributed by atoms with Gasteiger partial charge < -0.3 is 5.11 Å². The molecule has 3 aromatic carbocycles. The zero-order valence-corrected chi connectivity index (χ0v) is 16.6. The molecule has 29 heavy (non-hydrogen) atoms. The molecular formula is C22H21NO5S. The molecule has 0 saturated carbocycles. The molecule has 0 spiro atoms. The zero-order chi connectivity index (χ0) is 21.0. The van der Waals surface area contributed by atoms with E-state index in [1.54, 1.807) is 48.5 Å². The van der Waals surface area contributed by atoms with Crippen LogP contribution in [0.4, 0.5) is 5.69 Å². The number of benzene rings is 3. The molecule has 0 saturated heterocycles. The second kappa shape index (κ2) is 8.55. The molecule has 3 aromatic rings. The van der Waals surface area contributed by atoms with Crippen molar-refractivity contribution in [3.05, 3.63) is 106 Å². The molecule has 1 N–H and O–H groups in total. The van der Waals surface area contributed by atoms with Crippen LogP contribution in [0.2, 0.25) is 0 Å². The number of aliphatic hydroxyl groups is 1. The van der Waals surface area contributed by atoms with Crippen molar-refractivity contribution in [2.75, 3.05) is 0 Å². The molecule has 0 bridgehead atoms. The lowest BCUT2D eigenvalue weighted by Crippen LogP contribution is -2.31. The summed E-state index contributed by atoms with van der Waals surface area (Å²) in [5.41, 5.74) is 1.74. The second-order valence-electron chi connectivity index (χ2n) is 6.88. The van der Waals surface area contributed by atoms with Gasteiger partial charge in [-0.25, -0.2) is 8.42 Å². The quantitative estimate of drug-likeness (QED) is 0.468. The first-order chi connectivity index (χ1) is 13.8. The summed E-state index contributed by atoms with van der Waals surface area (Å²) in [4.78, 5) is 10.7. The maximum absolute atomic E-state index is 13.4. The van der Waals surface area contributed by atoms with Gasteiger partial charge in [-0.3, -0.25) is 10.1 Å². The lowest BCUT2D eigenvalue weighted by molar-refractivity contribution is -0.384. The van der Waals surface area contributed by atoms with Crippen molar-refractivity contribution < 1.29 is 18.4 Å². The van der Waals surface area contributed by atoms with E-state index in [0.29, 0.717) is 11.1 Å². The van der Waals surface area contributed by atoms with Crippen molar-refractivity contribution in [3.8, 4) is 0 Å². The number of sulfone groups is 1. The molecule has 0 unspecified atom stereocenters. The maximum atomic E-state index is 13.4. The van der Waals surface area contributed by atoms with E-state index in [4.69, 9.17) is 0 Å². The number of rotatable bonds is 7. The number of nitrogens with zero attached hydrogens (tertiary/aromatic N) is 1. The van der Waals surface area contributed by atoms with E-state index < -0.39 is 26.1 Å². The molecule has 0 aliphatic rings. The van der Waals surface area contributed by atoms with Crippen LogP contribution in [0.1, 0.15) is 22.8 Å². The van der Waals surface area contributed by atoms with Crippen LogP contribution in [0.25, 0.3) is 0 Å². The third-order valence-corrected chi connectivity index (χ3v) is 6.95. The van der Waals surface area contributed by atoms with Crippen LogP contribution < -0.4 is 0 Å². The van der Waals surface area contributed by atoms with Crippen LogP contribution in [0.5, 0.6) is 0 Å². The average Bonchev–Trinajstić information content (AvgIpc) is 2.72. The van der Waals surface area contributed by atoms with Crippen molar-refractivity contribution in [3.63, 3.8) is 0 Å². The van der Waals surface area contributed by atoms with E-state index in [9.17, 15) is 23.6 Å². The molecule has 0 amide bonds. The van der Waals surface area contributed by atoms with Gasteiger partial charge in [-0.05, 0) is 36.6 Å². The van der Waals surface area contributed by atoms with Gasteiger partial charge in [0.05, 0.1) is 21.2 Å². The zero-order valence-electron chi connectivity index (χ0n) is 15.8. The Morgan fingerprint density at radius 3 is 2.24 bits per heavy atom. The molecule has 2 atom stereocenters. The fraction of sp³-hybridized carbons (Fsp3) is 0.182. The first-order valence-electron chi connectivity index (χ1n) is 9.06. The van der Waals surface area contributed by atoms with Crippen LogP contribution in [0.15, 0.2) is 83.8 Å². The third-order valence-electron chi connectivity index (χ3n) is 4.80. The highest BCUT2D eigenvalue weighted by atomic mass is 32.2. The Labute approximate surface area is 169 Å². The van der Waals surface area contributed by atoms with Crippen molar-refractivity contribution in [2.45, 2.75) is 29.6 Å². The number of hydrogen-bond acceptors (Lipinski definition) is 5. The molecule has 3 rings (SSSR count). The third kappa shape index (κ3) is 4.70. The number of aryl methyl sites for hydroxylation is 1. The van der Waals surface area contributed by atoms with E-state index in [0.717, 1.165) is 5.56 Å². The summed E-state index contributed by atoms with van der Waals surface area (Å²) in [5, 5.41) is 20.8. The van der Waals surface area contributed by atoms with E-state index in [1.807, 2.05) is 6.92 Å². The van der Waals surface area contributed by atoms with Gasteiger partial charge in [-0.2, -0.15) is 0 Å². The van der Waals surface area contributed by atoms with Gasteiger partial charge in [0.1, 0.15) is 0 Å². The number of hydrogen-bond donors (Lipinski definition) is 1. The predicted molar refractivity (Wildman–Crippen MR) is 110 cm³/mol. The molecule has 150 valence electrons. The van der Waals surface area contributed by atoms with Gasteiger partial charge >= 0.3 is 0 Å². The van der Waals surface area contributed by atoms with E-state index >= 15 is 0 Å². The monoisotopic (exact) mass is 411 g/mol. The molecule has 0 heterocycles. The SMILES string of the molecule is Cc1ccc(S(=O)(=O)[C@H](Cc2cccc([N+](=O)[O-])c2)[C@H](O)c2ccccc2)cc1. The molecule has 0 fully saturated rings. The summed E-state index contributed by atoms with van der Waals surface area (Å²) in [7, 11) is -3.92. The van der Waals surface area contributed by atoms with Crippen LogP contribution in [-0.4, -0.2) is 23.7 Å². The van der Waals surface area contributed by atoms with Crippen molar-refractivity contribution in [2.24, 2.45) is 0 Å². The Morgan fingerprint density at radius 2 is 1.62 bits per heavy atom. The fourth-order valence-electron chi connectivity index (χ4n) is 3.19. The molecule has 0 radical (unpaired) electrons. The number of non-ortho nitro benzene ring substituents is 1. The molecule has 6 nitrogen and oxygen atoms in total. The van der Waals surface area contributed by atoms with E-state index in [1.165, 1.54) is 30.3 Å². The van der Waals surface area contributed by atoms with Crippen molar-refractivity contribution in [1.29, 1.82) is 0 Å². The average molecular weight is 411 g/mol. The van der Waals surface area contributed by atoms with Gasteiger partial charge in [-0.1, -0.05) is 60.2 Å². The number of nitro groups is 1. The highest BCUT2D eigenvalue weighted by molar-refractivity contribution is 7.92. The maximum Gasteiger partial charge on any atom is 0.269 e. The normalized spacial score (nSPS) is 13.6. The highest BCUT2D eigenvalue weighted by Crippen LogP contribution is 2.30. The largest absolute Gasteiger partial charge is 0.387 e. The van der Waals surface area contributed by atoms with Gasteiger partial charge in [0, 0.05) is 12.1 Å². The van der Waals surface area contributed by atoms with Crippen LogP contribution >= 0.6 is 0 Å². The molecule has 0 aliphatic carbocycles. The predicted octanol–water partition coefficient (Wildman–Crippen LogP) is 4.02. The van der Waals surface area contributed by atoms with Crippen LogP contribution in [0, 0.1) is 17.0 Å². The van der Waals surface area contributed by atoms with Gasteiger partial charge in [0.2, 0.25) is 0 Å². The molecule has 0 aliphatic heterocycles. The minimum absolute atomic E-state index is 0.0616. The van der Waals surface area contributed by atoms with Gasteiger partial charge in [0.25, 0.3) is 5.69 Å². The Morgan fingerprint density at radius 1 is 0.966 bits per heavy atom. The summed E-state index contributed by atoms with van der Waals surface area (Å²) >= 11 is 0. The molecular weight excluding hydrogens is 390 g/mol. The van der Waals surface area contributed by atoms with E-state index in [-0.39, 0.29) is 17.0 Å². The first kappa shape index (κ1) is 20.7. The van der Waals surface area contributed by atoms with Crippen LogP contribution in [0.3, 0.4) is 0 Å². The van der Waals surface area contributed by atoms with Gasteiger partial charge in [-0.15, -0.1) is 0 Å². The smallest absolute Gasteiger partial charge is 0.269 e. The van der Waals surface area contributed by atoms with E-state index in [2.05, 4.69) is 0 Å². The van der Waals surface area contributed by atoms with Crippen LogP contribution in [-0.2, 0) is 16.3 Å². The highest BCUT2D eigenvalue weighted by Gasteiger charge is 2.35. The Balaban J connectivity index is 2.05. The number of nitro benzene ring substituents is 1. The number of aliphatic hydroxyl groups excluding tert-OH is 1. The minimum Gasteiger partial charge on any atom is -0.387 e. The fourth-order valence-corrected chi connectivity index (χ4v) is 4.96. The standard InChI is InChI=1S/C22H21NO5S/c1-16-10-12-20(13-11-16)29(27,28)21(22(24)18-7-3-2-4-8-18)15-17-6-5-9-19(14-17)23(25)26/h2-14,21-22,24H,15H2,1H3/t21-,22-/m1/s1. The minimum atomic E-state index is -3.92. The second-order valence-corrected chi connectivity index (χ2v) is 9.05. The first-order valence-corrected chi connectivity index (χ1v) is 10.6. The summed E-state index contributed by atoms with van der Waals surface area (Å²) < 4.78 is 26.8. The Kier molecular flexibility index (Phi) is 6.10.